The number of aromatic nitrogens is 2. The number of piperidine rings is 1. The molecule has 2 heterocycles. The molecule has 0 spiro atoms. The Labute approximate surface area is 107 Å². The number of rotatable bonds is 3. The predicted molar refractivity (Wildman–Crippen MR) is 69.8 cm³/mol. The van der Waals surface area contributed by atoms with Crippen LogP contribution in [0, 0.1) is 5.92 Å². The van der Waals surface area contributed by atoms with E-state index >= 15 is 0 Å². The molecule has 1 fully saturated rings. The molecule has 1 atom stereocenters. The Kier molecular flexibility index (Phi) is 3.96. The summed E-state index contributed by atoms with van der Waals surface area (Å²) in [7, 11) is 0. The molecule has 0 radical (unpaired) electrons. The summed E-state index contributed by atoms with van der Waals surface area (Å²) in [6.07, 6.45) is 6.92. The van der Waals surface area contributed by atoms with Gasteiger partial charge in [-0.2, -0.15) is 0 Å². The number of nitrogens with two attached hydrogens (primary N) is 1. The summed E-state index contributed by atoms with van der Waals surface area (Å²) in [4.78, 5) is 10.7. The van der Waals surface area contributed by atoms with E-state index in [1.54, 1.807) is 12.4 Å². The topological polar surface area (TPSA) is 87.6 Å². The first-order chi connectivity index (χ1) is 8.74. The first-order valence-electron chi connectivity index (χ1n) is 6.29. The second-order valence-electron chi connectivity index (χ2n) is 4.61. The Balaban J connectivity index is 2.09. The van der Waals surface area contributed by atoms with Crippen LogP contribution in [0.25, 0.3) is 0 Å². The molecule has 1 unspecified atom stereocenters. The highest BCUT2D eigenvalue weighted by Gasteiger charge is 2.19. The van der Waals surface area contributed by atoms with Crippen LogP contribution in [-0.4, -0.2) is 34.1 Å². The van der Waals surface area contributed by atoms with Gasteiger partial charge in [0.25, 0.3) is 0 Å². The molecule has 0 amide bonds. The number of hydrogen-bond donors (Lipinski definition) is 2. The fourth-order valence-electron chi connectivity index (χ4n) is 2.27. The van der Waals surface area contributed by atoms with E-state index in [9.17, 15) is 0 Å². The SMILES string of the molecule is CCC1CCCN(c2cnc(C(N)=NO)cn2)C1. The van der Waals surface area contributed by atoms with Gasteiger partial charge in [0.15, 0.2) is 5.84 Å². The van der Waals surface area contributed by atoms with Gasteiger partial charge < -0.3 is 15.8 Å². The minimum absolute atomic E-state index is 0.0147. The van der Waals surface area contributed by atoms with Crippen LogP contribution in [0.15, 0.2) is 17.5 Å². The minimum Gasteiger partial charge on any atom is -0.409 e. The van der Waals surface area contributed by atoms with Gasteiger partial charge in [0.2, 0.25) is 0 Å². The van der Waals surface area contributed by atoms with E-state index in [1.807, 2.05) is 0 Å². The Hall–Kier alpha value is -1.85. The van der Waals surface area contributed by atoms with Crippen molar-refractivity contribution in [3.05, 3.63) is 18.1 Å². The number of nitrogens with zero attached hydrogens (tertiary/aromatic N) is 4. The highest BCUT2D eigenvalue weighted by molar-refractivity contribution is 5.94. The number of oxime groups is 1. The average molecular weight is 249 g/mol. The lowest BCUT2D eigenvalue weighted by molar-refractivity contribution is 0.318. The molecule has 3 N–H and O–H groups in total. The number of anilines is 1. The molecule has 18 heavy (non-hydrogen) atoms. The van der Waals surface area contributed by atoms with Gasteiger partial charge in [0, 0.05) is 13.1 Å². The number of amidine groups is 1. The van der Waals surface area contributed by atoms with Crippen LogP contribution >= 0.6 is 0 Å². The molecular formula is C12H19N5O. The third kappa shape index (κ3) is 2.69. The first-order valence-corrected chi connectivity index (χ1v) is 6.29. The molecule has 0 saturated carbocycles. The second-order valence-corrected chi connectivity index (χ2v) is 4.61. The van der Waals surface area contributed by atoms with Crippen molar-refractivity contribution in [2.24, 2.45) is 16.8 Å². The van der Waals surface area contributed by atoms with Crippen LogP contribution in [0.4, 0.5) is 5.82 Å². The molecule has 98 valence electrons. The van der Waals surface area contributed by atoms with Crippen molar-refractivity contribution >= 4 is 11.7 Å². The van der Waals surface area contributed by atoms with E-state index < -0.39 is 0 Å². The zero-order chi connectivity index (χ0) is 13.0. The van der Waals surface area contributed by atoms with Gasteiger partial charge in [-0.15, -0.1) is 0 Å². The Morgan fingerprint density at radius 1 is 1.56 bits per heavy atom. The molecule has 1 aliphatic heterocycles. The van der Waals surface area contributed by atoms with E-state index in [4.69, 9.17) is 10.9 Å². The van der Waals surface area contributed by atoms with Crippen LogP contribution in [0.3, 0.4) is 0 Å². The summed E-state index contributed by atoms with van der Waals surface area (Å²) in [5, 5.41) is 11.5. The van der Waals surface area contributed by atoms with Gasteiger partial charge in [-0.1, -0.05) is 18.5 Å². The van der Waals surface area contributed by atoms with Crippen molar-refractivity contribution in [3.63, 3.8) is 0 Å². The fraction of sp³-hybridized carbons (Fsp3) is 0.583. The van der Waals surface area contributed by atoms with E-state index in [1.165, 1.54) is 19.3 Å². The Morgan fingerprint density at radius 3 is 3.00 bits per heavy atom. The summed E-state index contributed by atoms with van der Waals surface area (Å²) in [6.45, 7) is 4.28. The fourth-order valence-corrected chi connectivity index (χ4v) is 2.27. The zero-order valence-electron chi connectivity index (χ0n) is 10.6. The maximum Gasteiger partial charge on any atom is 0.190 e. The van der Waals surface area contributed by atoms with E-state index in [0.29, 0.717) is 5.69 Å². The van der Waals surface area contributed by atoms with Gasteiger partial charge in [0.1, 0.15) is 11.5 Å². The normalized spacial score (nSPS) is 21.1. The molecule has 1 aromatic rings. The molecule has 0 aliphatic carbocycles. The lowest BCUT2D eigenvalue weighted by Crippen LogP contribution is -2.35. The van der Waals surface area contributed by atoms with E-state index in [0.717, 1.165) is 24.8 Å². The predicted octanol–water partition coefficient (Wildman–Crippen LogP) is 1.20. The standard InChI is InChI=1S/C12H19N5O/c1-2-9-4-3-5-17(8-9)11-7-14-10(6-15-11)12(13)16-18/h6-7,9,18H,2-5,8H2,1H3,(H2,13,16). The quantitative estimate of drug-likeness (QED) is 0.364. The Bertz CT molecular complexity index is 417. The van der Waals surface area contributed by atoms with Crippen LogP contribution < -0.4 is 10.6 Å². The molecule has 1 aromatic heterocycles. The lowest BCUT2D eigenvalue weighted by Gasteiger charge is -2.32. The highest BCUT2D eigenvalue weighted by Crippen LogP contribution is 2.22. The largest absolute Gasteiger partial charge is 0.409 e. The van der Waals surface area contributed by atoms with Gasteiger partial charge >= 0.3 is 0 Å². The molecule has 2 rings (SSSR count). The summed E-state index contributed by atoms with van der Waals surface area (Å²) in [6, 6.07) is 0. The molecule has 1 saturated heterocycles. The van der Waals surface area contributed by atoms with Gasteiger partial charge in [-0.05, 0) is 18.8 Å². The first kappa shape index (κ1) is 12.6. The van der Waals surface area contributed by atoms with Crippen molar-refractivity contribution in [3.8, 4) is 0 Å². The van der Waals surface area contributed by atoms with Gasteiger partial charge in [-0.25, -0.2) is 9.97 Å². The van der Waals surface area contributed by atoms with E-state index in [2.05, 4.69) is 26.9 Å². The summed E-state index contributed by atoms with van der Waals surface area (Å²) in [5.74, 6) is 1.59. The van der Waals surface area contributed by atoms with Crippen molar-refractivity contribution in [2.75, 3.05) is 18.0 Å². The average Bonchev–Trinajstić information content (AvgIpc) is 2.46. The van der Waals surface area contributed by atoms with Crippen molar-refractivity contribution < 1.29 is 5.21 Å². The Morgan fingerprint density at radius 2 is 2.39 bits per heavy atom. The van der Waals surface area contributed by atoms with Crippen molar-refractivity contribution in [1.29, 1.82) is 0 Å². The van der Waals surface area contributed by atoms with Gasteiger partial charge in [-0.3, -0.25) is 0 Å². The monoisotopic (exact) mass is 249 g/mol. The van der Waals surface area contributed by atoms with Crippen LogP contribution in [0.1, 0.15) is 31.9 Å². The van der Waals surface area contributed by atoms with Crippen molar-refractivity contribution in [2.45, 2.75) is 26.2 Å². The summed E-state index contributed by atoms with van der Waals surface area (Å²) in [5.41, 5.74) is 5.84. The zero-order valence-corrected chi connectivity index (χ0v) is 10.6. The molecule has 6 heteroatoms. The highest BCUT2D eigenvalue weighted by atomic mass is 16.4. The van der Waals surface area contributed by atoms with Crippen LogP contribution in [-0.2, 0) is 0 Å². The third-order valence-electron chi connectivity index (χ3n) is 3.43. The third-order valence-corrected chi connectivity index (χ3v) is 3.43. The minimum atomic E-state index is -0.0147. The van der Waals surface area contributed by atoms with Crippen LogP contribution in [0.2, 0.25) is 0 Å². The van der Waals surface area contributed by atoms with Crippen LogP contribution in [0.5, 0.6) is 0 Å². The lowest BCUT2D eigenvalue weighted by atomic mass is 9.96. The molecular weight excluding hydrogens is 230 g/mol. The van der Waals surface area contributed by atoms with E-state index in [-0.39, 0.29) is 5.84 Å². The number of hydrogen-bond acceptors (Lipinski definition) is 5. The molecule has 1 aliphatic rings. The maximum atomic E-state index is 8.56. The molecule has 0 aromatic carbocycles. The summed E-state index contributed by atoms with van der Waals surface area (Å²) < 4.78 is 0. The second kappa shape index (κ2) is 5.66. The van der Waals surface area contributed by atoms with Crippen molar-refractivity contribution in [1.82, 2.24) is 9.97 Å². The summed E-state index contributed by atoms with van der Waals surface area (Å²) >= 11 is 0. The van der Waals surface area contributed by atoms with Gasteiger partial charge in [0.05, 0.1) is 12.4 Å². The molecule has 0 bridgehead atoms. The molecule has 6 nitrogen and oxygen atoms in total. The maximum absolute atomic E-state index is 8.56. The smallest absolute Gasteiger partial charge is 0.190 e.